The normalized spacial score (nSPS) is 11.4. The Morgan fingerprint density at radius 1 is 1.59 bits per heavy atom. The highest BCUT2D eigenvalue weighted by atomic mass is 35.5. The monoisotopic (exact) mass is 262 g/mol. The van der Waals surface area contributed by atoms with E-state index >= 15 is 0 Å². The van der Waals surface area contributed by atoms with Gasteiger partial charge in [-0.3, -0.25) is 4.79 Å². The number of rotatable bonds is 4. The molecular formula is C10H12ClFN2O3. The molecule has 0 spiro atoms. The van der Waals surface area contributed by atoms with E-state index in [0.717, 1.165) is 12.3 Å². The lowest BCUT2D eigenvalue weighted by atomic mass is 10.0. The summed E-state index contributed by atoms with van der Waals surface area (Å²) in [4.78, 5) is 15.2. The lowest BCUT2D eigenvalue weighted by Crippen LogP contribution is -2.51. The molecule has 1 aromatic heterocycles. The molecule has 1 rings (SSSR count). The lowest BCUT2D eigenvalue weighted by Gasteiger charge is -2.26. The molecule has 0 aromatic carbocycles. The fourth-order valence-electron chi connectivity index (χ4n) is 1.05. The van der Waals surface area contributed by atoms with Gasteiger partial charge in [0.2, 0.25) is 0 Å². The summed E-state index contributed by atoms with van der Waals surface area (Å²) >= 11 is 5.64. The zero-order valence-corrected chi connectivity index (χ0v) is 9.83. The van der Waals surface area contributed by atoms with Gasteiger partial charge >= 0.3 is 0 Å². The van der Waals surface area contributed by atoms with Crippen LogP contribution in [-0.2, 0) is 0 Å². The largest absolute Gasteiger partial charge is 0.394 e. The van der Waals surface area contributed by atoms with Gasteiger partial charge in [0.15, 0.2) is 0 Å². The van der Waals surface area contributed by atoms with Crippen molar-refractivity contribution in [2.24, 2.45) is 0 Å². The van der Waals surface area contributed by atoms with Crippen LogP contribution in [0.1, 0.15) is 17.3 Å². The molecule has 0 aliphatic rings. The average Bonchev–Trinajstić information content (AvgIpc) is 2.32. The molecule has 1 aromatic rings. The van der Waals surface area contributed by atoms with Crippen LogP contribution < -0.4 is 5.32 Å². The smallest absolute Gasteiger partial charge is 0.255 e. The number of pyridine rings is 1. The Hall–Kier alpha value is -1.24. The van der Waals surface area contributed by atoms with Gasteiger partial charge in [-0.15, -0.1) is 0 Å². The molecular weight excluding hydrogens is 251 g/mol. The van der Waals surface area contributed by atoms with Crippen LogP contribution in [0.4, 0.5) is 4.39 Å². The minimum atomic E-state index is -1.20. The van der Waals surface area contributed by atoms with Crippen LogP contribution in [0.25, 0.3) is 0 Å². The maximum Gasteiger partial charge on any atom is 0.255 e. The molecule has 0 saturated carbocycles. The molecule has 1 amide bonds. The second kappa shape index (κ2) is 5.39. The van der Waals surface area contributed by atoms with E-state index in [-0.39, 0.29) is 10.7 Å². The summed E-state index contributed by atoms with van der Waals surface area (Å²) in [6, 6.07) is 0.930. The lowest BCUT2D eigenvalue weighted by molar-refractivity contribution is 0.0723. The SMILES string of the molecule is CC(CO)(CO)NC(=O)c1cc(F)cnc1Cl. The summed E-state index contributed by atoms with van der Waals surface area (Å²) in [5.41, 5.74) is -1.35. The maximum atomic E-state index is 12.9. The van der Waals surface area contributed by atoms with Crippen LogP contribution in [0, 0.1) is 5.82 Å². The highest BCUT2D eigenvalue weighted by molar-refractivity contribution is 6.32. The number of hydrogen-bond donors (Lipinski definition) is 3. The van der Waals surface area contributed by atoms with Gasteiger partial charge in [0, 0.05) is 0 Å². The number of aliphatic hydroxyl groups excluding tert-OH is 2. The molecule has 0 aliphatic carbocycles. The summed E-state index contributed by atoms with van der Waals surface area (Å²) in [6.45, 7) is 0.511. The summed E-state index contributed by atoms with van der Waals surface area (Å²) < 4.78 is 12.9. The molecule has 0 unspecified atom stereocenters. The van der Waals surface area contributed by atoms with Gasteiger partial charge in [-0.1, -0.05) is 11.6 Å². The third-order valence-corrected chi connectivity index (χ3v) is 2.46. The minimum Gasteiger partial charge on any atom is -0.394 e. The average molecular weight is 263 g/mol. The molecule has 17 heavy (non-hydrogen) atoms. The quantitative estimate of drug-likeness (QED) is 0.684. The van der Waals surface area contributed by atoms with E-state index in [1.54, 1.807) is 0 Å². The van der Waals surface area contributed by atoms with Crippen molar-refractivity contribution in [3.63, 3.8) is 0 Å². The van der Waals surface area contributed by atoms with Crippen LogP contribution in [0.15, 0.2) is 12.3 Å². The molecule has 0 atom stereocenters. The number of nitrogens with zero attached hydrogens (tertiary/aromatic N) is 1. The Bertz CT molecular complexity index is 424. The summed E-state index contributed by atoms with van der Waals surface area (Å²) in [5.74, 6) is -1.41. The number of nitrogens with one attached hydrogen (secondary N) is 1. The first-order chi connectivity index (χ1) is 7.91. The van der Waals surface area contributed by atoms with E-state index in [1.165, 1.54) is 6.92 Å². The Morgan fingerprint density at radius 2 is 2.18 bits per heavy atom. The van der Waals surface area contributed by atoms with E-state index in [9.17, 15) is 9.18 Å². The first-order valence-corrected chi connectivity index (χ1v) is 5.15. The third kappa shape index (κ3) is 3.36. The van der Waals surface area contributed by atoms with Gasteiger partial charge in [0.25, 0.3) is 5.91 Å². The highest BCUT2D eigenvalue weighted by Gasteiger charge is 2.26. The molecule has 0 saturated heterocycles. The Kier molecular flexibility index (Phi) is 4.39. The Labute approximate surface area is 102 Å². The van der Waals surface area contributed by atoms with Crippen LogP contribution in [0.5, 0.6) is 0 Å². The zero-order chi connectivity index (χ0) is 13.1. The van der Waals surface area contributed by atoms with Crippen molar-refractivity contribution in [1.82, 2.24) is 10.3 Å². The molecule has 0 radical (unpaired) electrons. The van der Waals surface area contributed by atoms with Gasteiger partial charge in [0.05, 0.1) is 30.5 Å². The van der Waals surface area contributed by atoms with Crippen molar-refractivity contribution in [3.8, 4) is 0 Å². The Balaban J connectivity index is 2.94. The molecule has 0 fully saturated rings. The maximum absolute atomic E-state index is 12.9. The molecule has 1 heterocycles. The fourth-order valence-corrected chi connectivity index (χ4v) is 1.24. The van der Waals surface area contributed by atoms with Crippen LogP contribution >= 0.6 is 11.6 Å². The predicted octanol–water partition coefficient (Wildman–Crippen LogP) is 0.347. The van der Waals surface area contributed by atoms with Gasteiger partial charge in [0.1, 0.15) is 11.0 Å². The second-order valence-corrected chi connectivity index (χ2v) is 4.18. The summed E-state index contributed by atoms with van der Waals surface area (Å²) in [7, 11) is 0. The number of amides is 1. The molecule has 94 valence electrons. The number of carbonyl (C=O) groups is 1. The number of aliphatic hydroxyl groups is 2. The van der Waals surface area contributed by atoms with Crippen LogP contribution in [0.3, 0.4) is 0 Å². The van der Waals surface area contributed by atoms with Crippen molar-refractivity contribution in [3.05, 3.63) is 28.8 Å². The predicted molar refractivity (Wildman–Crippen MR) is 59.2 cm³/mol. The fraction of sp³-hybridized carbons (Fsp3) is 0.400. The van der Waals surface area contributed by atoms with E-state index in [0.29, 0.717) is 0 Å². The first kappa shape index (κ1) is 13.8. The van der Waals surface area contributed by atoms with Gasteiger partial charge in [-0.25, -0.2) is 9.37 Å². The number of carbonyl (C=O) groups excluding carboxylic acids is 1. The van der Waals surface area contributed by atoms with Crippen molar-refractivity contribution in [2.75, 3.05) is 13.2 Å². The Morgan fingerprint density at radius 3 is 2.71 bits per heavy atom. The van der Waals surface area contributed by atoms with E-state index in [2.05, 4.69) is 10.3 Å². The first-order valence-electron chi connectivity index (χ1n) is 4.77. The molecule has 0 bridgehead atoms. The topological polar surface area (TPSA) is 82.5 Å². The van der Waals surface area contributed by atoms with Gasteiger partial charge < -0.3 is 15.5 Å². The number of halogens is 2. The molecule has 0 aliphatic heterocycles. The molecule has 3 N–H and O–H groups in total. The van der Waals surface area contributed by atoms with E-state index in [1.807, 2.05) is 0 Å². The second-order valence-electron chi connectivity index (χ2n) is 3.82. The van der Waals surface area contributed by atoms with E-state index in [4.69, 9.17) is 21.8 Å². The van der Waals surface area contributed by atoms with Crippen molar-refractivity contribution in [1.29, 1.82) is 0 Å². The number of aromatic nitrogens is 1. The summed E-state index contributed by atoms with van der Waals surface area (Å²) in [5, 5.41) is 20.2. The van der Waals surface area contributed by atoms with Crippen molar-refractivity contribution >= 4 is 17.5 Å². The van der Waals surface area contributed by atoms with Crippen LogP contribution in [0.2, 0.25) is 5.15 Å². The standard InChI is InChI=1S/C10H12ClFN2O3/c1-10(4-15,5-16)14-9(17)7-2-6(12)3-13-8(7)11/h2-3,15-16H,4-5H2,1H3,(H,14,17). The highest BCUT2D eigenvalue weighted by Crippen LogP contribution is 2.15. The zero-order valence-electron chi connectivity index (χ0n) is 9.07. The molecule has 5 nitrogen and oxygen atoms in total. The van der Waals surface area contributed by atoms with Crippen molar-refractivity contribution < 1.29 is 19.4 Å². The van der Waals surface area contributed by atoms with Gasteiger partial charge in [-0.2, -0.15) is 0 Å². The van der Waals surface area contributed by atoms with E-state index < -0.39 is 30.5 Å². The number of hydrogen-bond acceptors (Lipinski definition) is 4. The van der Waals surface area contributed by atoms with Crippen LogP contribution in [-0.4, -0.2) is 39.9 Å². The molecule has 7 heteroatoms. The van der Waals surface area contributed by atoms with Crippen molar-refractivity contribution in [2.45, 2.75) is 12.5 Å². The summed E-state index contributed by atoms with van der Waals surface area (Å²) in [6.07, 6.45) is 0.885. The van der Waals surface area contributed by atoms with Gasteiger partial charge in [-0.05, 0) is 13.0 Å². The third-order valence-electron chi connectivity index (χ3n) is 2.16. The minimum absolute atomic E-state index is 0.151.